The van der Waals surface area contributed by atoms with Gasteiger partial charge in [0.05, 0.1) is 0 Å². The van der Waals surface area contributed by atoms with E-state index in [1.165, 1.54) is 51.6 Å². The molecule has 0 aromatic rings. The minimum Gasteiger partial charge on any atom is -0.316 e. The normalized spacial score (nSPS) is 46.4. The highest BCUT2D eigenvalue weighted by molar-refractivity contribution is 5.10. The van der Waals surface area contributed by atoms with Crippen molar-refractivity contribution in [1.82, 2.24) is 10.2 Å². The molecule has 0 radical (unpaired) electrons. The maximum Gasteiger partial charge on any atom is 0.0104 e. The molecule has 2 heteroatoms. The van der Waals surface area contributed by atoms with E-state index in [0.717, 1.165) is 19.0 Å². The Balaban J connectivity index is 1.66. The molecule has 0 spiro atoms. The molecule has 4 aliphatic rings. The lowest BCUT2D eigenvalue weighted by Crippen LogP contribution is -2.58. The third-order valence-electron chi connectivity index (χ3n) is 6.27. The fourth-order valence-electron chi connectivity index (χ4n) is 6.96. The van der Waals surface area contributed by atoms with Crippen LogP contribution in [0.25, 0.3) is 0 Å². The van der Waals surface area contributed by atoms with Gasteiger partial charge in [-0.05, 0) is 74.3 Å². The maximum atomic E-state index is 3.46. The number of likely N-dealkylation sites (N-methyl/N-ethyl adjacent to an activating group) is 2. The second-order valence-electron chi connectivity index (χ2n) is 9.22. The molecule has 4 fully saturated rings. The van der Waals surface area contributed by atoms with Gasteiger partial charge in [0.2, 0.25) is 0 Å². The summed E-state index contributed by atoms with van der Waals surface area (Å²) in [6.07, 6.45) is 9.05. The Morgan fingerprint density at radius 1 is 1.05 bits per heavy atom. The fourth-order valence-corrected chi connectivity index (χ4v) is 6.96. The number of nitrogens with zero attached hydrogens (tertiary/aromatic N) is 1. The number of hydrogen-bond donors (Lipinski definition) is 1. The van der Waals surface area contributed by atoms with Gasteiger partial charge < -0.3 is 10.2 Å². The van der Waals surface area contributed by atoms with E-state index in [1.54, 1.807) is 0 Å². The molecule has 0 amide bonds. The molecule has 0 aliphatic heterocycles. The Kier molecular flexibility index (Phi) is 3.70. The summed E-state index contributed by atoms with van der Waals surface area (Å²) in [5.41, 5.74) is 1.97. The molecule has 1 N–H and O–H groups in total. The second kappa shape index (κ2) is 4.98. The van der Waals surface area contributed by atoms with Crippen LogP contribution in [0, 0.1) is 22.2 Å². The van der Waals surface area contributed by atoms with E-state index in [-0.39, 0.29) is 0 Å². The van der Waals surface area contributed by atoms with Crippen molar-refractivity contribution in [2.45, 2.75) is 59.3 Å². The van der Waals surface area contributed by atoms with E-state index in [2.05, 4.69) is 38.0 Å². The van der Waals surface area contributed by atoms with Crippen molar-refractivity contribution in [3.05, 3.63) is 0 Å². The zero-order valence-corrected chi connectivity index (χ0v) is 14.1. The van der Waals surface area contributed by atoms with E-state index >= 15 is 0 Å². The first-order chi connectivity index (χ1) is 9.36. The first kappa shape index (κ1) is 14.8. The first-order valence-electron chi connectivity index (χ1n) is 8.75. The van der Waals surface area contributed by atoms with Crippen molar-refractivity contribution in [3.63, 3.8) is 0 Å². The van der Waals surface area contributed by atoms with Crippen LogP contribution in [-0.4, -0.2) is 38.1 Å². The molecule has 4 bridgehead atoms. The molecule has 0 aromatic heterocycles. The van der Waals surface area contributed by atoms with Crippen molar-refractivity contribution in [1.29, 1.82) is 0 Å². The van der Waals surface area contributed by atoms with E-state index < -0.39 is 0 Å². The first-order valence-corrected chi connectivity index (χ1v) is 8.75. The van der Waals surface area contributed by atoms with Crippen molar-refractivity contribution in [3.8, 4) is 0 Å². The molecule has 0 aromatic carbocycles. The summed E-state index contributed by atoms with van der Waals surface area (Å²) in [6.45, 7) is 12.1. The van der Waals surface area contributed by atoms with E-state index in [1.807, 2.05) is 0 Å². The topological polar surface area (TPSA) is 15.3 Å². The summed E-state index contributed by atoms with van der Waals surface area (Å²) in [5.74, 6) is 1.03. The Hall–Kier alpha value is -0.0800. The van der Waals surface area contributed by atoms with Crippen molar-refractivity contribution in [2.24, 2.45) is 22.2 Å². The molecule has 0 heterocycles. The fraction of sp³-hybridized carbons (Fsp3) is 1.00. The quantitative estimate of drug-likeness (QED) is 0.748. The summed E-state index contributed by atoms with van der Waals surface area (Å²) in [4.78, 5) is 2.60. The number of rotatable bonds is 6. The Labute approximate surface area is 125 Å². The van der Waals surface area contributed by atoms with Gasteiger partial charge in [0.25, 0.3) is 0 Å². The van der Waals surface area contributed by atoms with Gasteiger partial charge in [-0.3, -0.25) is 0 Å². The van der Waals surface area contributed by atoms with Crippen LogP contribution in [0.15, 0.2) is 0 Å². The van der Waals surface area contributed by atoms with Gasteiger partial charge in [-0.2, -0.15) is 0 Å². The second-order valence-corrected chi connectivity index (χ2v) is 9.22. The molecule has 4 rings (SSSR count). The average molecular weight is 278 g/mol. The van der Waals surface area contributed by atoms with Gasteiger partial charge in [-0.25, -0.2) is 0 Å². The van der Waals surface area contributed by atoms with Crippen molar-refractivity contribution < 1.29 is 0 Å². The van der Waals surface area contributed by atoms with E-state index in [4.69, 9.17) is 0 Å². The maximum absolute atomic E-state index is 3.46. The summed E-state index contributed by atoms with van der Waals surface area (Å²) >= 11 is 0. The highest BCUT2D eigenvalue weighted by atomic mass is 15.1. The molecule has 2 unspecified atom stereocenters. The van der Waals surface area contributed by atoms with Crippen LogP contribution in [-0.2, 0) is 0 Å². The van der Waals surface area contributed by atoms with Crippen LogP contribution < -0.4 is 5.32 Å². The standard InChI is InChI=1S/C18H34N2/c1-5-19-6-7-20(4)14-18-10-15-8-16(2,12-18)11-17(3,9-15)13-18/h15,19H,5-14H2,1-4H3. The zero-order chi connectivity index (χ0) is 14.4. The van der Waals surface area contributed by atoms with Crippen LogP contribution in [0.2, 0.25) is 0 Å². The van der Waals surface area contributed by atoms with Crippen molar-refractivity contribution >= 4 is 0 Å². The van der Waals surface area contributed by atoms with Gasteiger partial charge in [-0.15, -0.1) is 0 Å². The van der Waals surface area contributed by atoms with Crippen LogP contribution in [0.3, 0.4) is 0 Å². The van der Waals surface area contributed by atoms with Crippen LogP contribution in [0.1, 0.15) is 59.3 Å². The third-order valence-corrected chi connectivity index (χ3v) is 6.27. The zero-order valence-electron chi connectivity index (χ0n) is 14.1. The summed E-state index contributed by atoms with van der Waals surface area (Å²) < 4.78 is 0. The highest BCUT2D eigenvalue weighted by Gasteiger charge is 2.59. The summed E-state index contributed by atoms with van der Waals surface area (Å²) in [5, 5.41) is 3.46. The van der Waals surface area contributed by atoms with E-state index in [9.17, 15) is 0 Å². The van der Waals surface area contributed by atoms with Crippen LogP contribution in [0.4, 0.5) is 0 Å². The minimum absolute atomic E-state index is 0.643. The Bertz CT molecular complexity index is 346. The summed E-state index contributed by atoms with van der Waals surface area (Å²) in [6, 6.07) is 0. The third kappa shape index (κ3) is 2.78. The molecular weight excluding hydrogens is 244 g/mol. The predicted octanol–water partition coefficient (Wildman–Crippen LogP) is 3.52. The molecule has 2 nitrogen and oxygen atoms in total. The molecule has 20 heavy (non-hydrogen) atoms. The predicted molar refractivity (Wildman–Crippen MR) is 85.9 cm³/mol. The van der Waals surface area contributed by atoms with E-state index in [0.29, 0.717) is 16.2 Å². The molecular formula is C18H34N2. The minimum atomic E-state index is 0.643. The van der Waals surface area contributed by atoms with Gasteiger partial charge in [0.15, 0.2) is 0 Å². The number of nitrogens with one attached hydrogen (secondary N) is 1. The highest BCUT2D eigenvalue weighted by Crippen LogP contribution is 2.69. The Morgan fingerprint density at radius 2 is 1.70 bits per heavy atom. The molecule has 4 saturated carbocycles. The van der Waals surface area contributed by atoms with Gasteiger partial charge >= 0.3 is 0 Å². The molecule has 116 valence electrons. The molecule has 2 atom stereocenters. The lowest BCUT2D eigenvalue weighted by molar-refractivity contribution is -0.151. The monoisotopic (exact) mass is 278 g/mol. The lowest BCUT2D eigenvalue weighted by atomic mass is 9.40. The van der Waals surface area contributed by atoms with Gasteiger partial charge in [0.1, 0.15) is 0 Å². The molecule has 4 aliphatic carbocycles. The summed E-state index contributed by atoms with van der Waals surface area (Å²) in [7, 11) is 2.33. The largest absolute Gasteiger partial charge is 0.316 e. The Morgan fingerprint density at radius 3 is 2.25 bits per heavy atom. The number of hydrogen-bond acceptors (Lipinski definition) is 2. The van der Waals surface area contributed by atoms with Gasteiger partial charge in [-0.1, -0.05) is 20.8 Å². The lowest BCUT2D eigenvalue weighted by Gasteiger charge is -2.66. The van der Waals surface area contributed by atoms with Crippen LogP contribution >= 0.6 is 0 Å². The smallest absolute Gasteiger partial charge is 0.0104 e. The van der Waals surface area contributed by atoms with Gasteiger partial charge in [0, 0.05) is 19.6 Å². The average Bonchev–Trinajstić information content (AvgIpc) is 2.22. The molecule has 0 saturated heterocycles. The SMILES string of the molecule is CCNCCN(C)CC12CC3CC(C)(CC(C)(C3)C1)C2. The van der Waals surface area contributed by atoms with Crippen molar-refractivity contribution in [2.75, 3.05) is 33.2 Å². The van der Waals surface area contributed by atoms with Crippen LogP contribution in [0.5, 0.6) is 0 Å².